The van der Waals surface area contributed by atoms with Gasteiger partial charge in [0.05, 0.1) is 13.1 Å². The van der Waals surface area contributed by atoms with Gasteiger partial charge in [0.15, 0.2) is 17.5 Å². The molecule has 2 unspecified atom stereocenters. The van der Waals surface area contributed by atoms with E-state index in [1.54, 1.807) is 0 Å². The van der Waals surface area contributed by atoms with Gasteiger partial charge in [-0.2, -0.15) is 0 Å². The Morgan fingerprint density at radius 2 is 1.86 bits per heavy atom. The van der Waals surface area contributed by atoms with Crippen molar-refractivity contribution < 1.29 is 9.47 Å². The fourth-order valence-electron chi connectivity index (χ4n) is 3.58. The third-order valence-corrected chi connectivity index (χ3v) is 5.40. The fourth-order valence-corrected chi connectivity index (χ4v) is 3.58. The average Bonchev–Trinajstić information content (AvgIpc) is 2.75. The molecule has 2 heterocycles. The number of ether oxygens (including phenoxy) is 2. The number of nitrogens with one attached hydrogen (secondary N) is 2. The van der Waals surface area contributed by atoms with Gasteiger partial charge in [0.1, 0.15) is 12.7 Å². The minimum atomic E-state index is -0.0294. The molecule has 0 bridgehead atoms. The molecule has 3 rings (SSSR count). The van der Waals surface area contributed by atoms with Crippen LogP contribution in [0.1, 0.15) is 20.8 Å². The van der Waals surface area contributed by atoms with E-state index in [1.807, 2.05) is 24.3 Å². The number of para-hydroxylation sites is 2. The number of hydrogen-bond acceptors (Lipinski definition) is 5. The summed E-state index contributed by atoms with van der Waals surface area (Å²) in [7, 11) is 0. The number of guanidine groups is 1. The Morgan fingerprint density at radius 3 is 2.55 bits per heavy atom. The van der Waals surface area contributed by atoms with E-state index in [-0.39, 0.29) is 30.1 Å². The molecular formula is C21H36IN5O2. The van der Waals surface area contributed by atoms with E-state index in [0.29, 0.717) is 19.2 Å². The summed E-state index contributed by atoms with van der Waals surface area (Å²) in [6, 6.07) is 8.24. The Hall–Kier alpha value is -1.26. The molecule has 0 saturated carbocycles. The predicted octanol–water partition coefficient (Wildman–Crippen LogP) is 2.03. The third kappa shape index (κ3) is 7.18. The lowest BCUT2D eigenvalue weighted by Gasteiger charge is -2.37. The Balaban J connectivity index is 0.00000300. The van der Waals surface area contributed by atoms with E-state index >= 15 is 0 Å². The van der Waals surface area contributed by atoms with Crippen molar-refractivity contribution in [3.05, 3.63) is 24.3 Å². The highest BCUT2D eigenvalue weighted by molar-refractivity contribution is 14.0. The Morgan fingerprint density at radius 1 is 1.14 bits per heavy atom. The van der Waals surface area contributed by atoms with Gasteiger partial charge in [0.2, 0.25) is 0 Å². The number of benzene rings is 1. The molecule has 0 aromatic heterocycles. The van der Waals surface area contributed by atoms with Crippen LogP contribution in [0.5, 0.6) is 11.5 Å². The molecule has 1 fully saturated rings. The average molecular weight is 517 g/mol. The predicted molar refractivity (Wildman–Crippen MR) is 129 cm³/mol. The monoisotopic (exact) mass is 517 g/mol. The van der Waals surface area contributed by atoms with Crippen molar-refractivity contribution in [1.82, 2.24) is 20.4 Å². The molecule has 2 N–H and O–H groups in total. The number of hydrogen-bond donors (Lipinski definition) is 2. The highest BCUT2D eigenvalue weighted by atomic mass is 127. The zero-order valence-electron chi connectivity index (χ0n) is 17.9. The molecule has 2 aliphatic heterocycles. The molecule has 2 atom stereocenters. The van der Waals surface area contributed by atoms with Gasteiger partial charge in [-0.25, -0.2) is 0 Å². The zero-order valence-corrected chi connectivity index (χ0v) is 20.2. The van der Waals surface area contributed by atoms with Gasteiger partial charge in [-0.1, -0.05) is 19.1 Å². The molecule has 0 amide bonds. The Bertz CT molecular complexity index is 637. The summed E-state index contributed by atoms with van der Waals surface area (Å²) < 4.78 is 11.8. The van der Waals surface area contributed by atoms with E-state index in [2.05, 4.69) is 41.2 Å². The zero-order chi connectivity index (χ0) is 19.8. The van der Waals surface area contributed by atoms with Gasteiger partial charge in [-0.3, -0.25) is 9.89 Å². The second kappa shape index (κ2) is 12.4. The highest BCUT2D eigenvalue weighted by Gasteiger charge is 2.22. The van der Waals surface area contributed by atoms with E-state index in [4.69, 9.17) is 14.5 Å². The molecule has 1 aromatic carbocycles. The highest BCUT2D eigenvalue weighted by Crippen LogP contribution is 2.30. The van der Waals surface area contributed by atoms with Crippen LogP contribution in [0.3, 0.4) is 0 Å². The summed E-state index contributed by atoms with van der Waals surface area (Å²) in [5, 5.41) is 6.73. The van der Waals surface area contributed by atoms with Gasteiger partial charge in [-0.05, 0) is 32.5 Å². The smallest absolute Gasteiger partial charge is 0.191 e. The number of fused-ring (bicyclic) bond motifs is 1. The van der Waals surface area contributed by atoms with Crippen LogP contribution in [0.25, 0.3) is 0 Å². The largest absolute Gasteiger partial charge is 0.486 e. The Kier molecular flexibility index (Phi) is 10.3. The van der Waals surface area contributed by atoms with E-state index < -0.39 is 0 Å². The number of aliphatic imine (C=N–C) groups is 1. The summed E-state index contributed by atoms with van der Waals surface area (Å²) in [6.45, 7) is 15.1. The second-order valence-electron chi connectivity index (χ2n) is 7.42. The van der Waals surface area contributed by atoms with Crippen LogP contribution in [-0.2, 0) is 0 Å². The lowest BCUT2D eigenvalue weighted by Crippen LogP contribution is -2.50. The second-order valence-corrected chi connectivity index (χ2v) is 7.42. The lowest BCUT2D eigenvalue weighted by molar-refractivity contribution is 0.0935. The van der Waals surface area contributed by atoms with E-state index in [1.165, 1.54) is 0 Å². The minimum absolute atomic E-state index is 0. The molecule has 29 heavy (non-hydrogen) atoms. The van der Waals surface area contributed by atoms with Crippen molar-refractivity contribution >= 4 is 29.9 Å². The van der Waals surface area contributed by atoms with Crippen LogP contribution in [0.2, 0.25) is 0 Å². The first-order valence-corrected chi connectivity index (χ1v) is 10.6. The van der Waals surface area contributed by atoms with Crippen molar-refractivity contribution in [2.75, 3.05) is 59.0 Å². The molecular weight excluding hydrogens is 481 g/mol. The van der Waals surface area contributed by atoms with Crippen LogP contribution >= 0.6 is 24.0 Å². The van der Waals surface area contributed by atoms with Gasteiger partial charge in [-0.15, -0.1) is 24.0 Å². The summed E-state index contributed by atoms with van der Waals surface area (Å²) >= 11 is 0. The van der Waals surface area contributed by atoms with Crippen molar-refractivity contribution in [2.45, 2.75) is 32.9 Å². The summed E-state index contributed by atoms with van der Waals surface area (Å²) in [5.41, 5.74) is 0. The SMILES string of the molecule is CCNC(=NCC(C)N1CCN(CC)CC1)NCC1COc2ccccc2O1.I. The molecule has 164 valence electrons. The van der Waals surface area contributed by atoms with Gasteiger partial charge >= 0.3 is 0 Å². The first kappa shape index (κ1) is 24.0. The van der Waals surface area contributed by atoms with Crippen LogP contribution < -0.4 is 20.1 Å². The molecule has 8 heteroatoms. The molecule has 7 nitrogen and oxygen atoms in total. The quantitative estimate of drug-likeness (QED) is 0.328. The summed E-state index contributed by atoms with van der Waals surface area (Å²) in [5.74, 6) is 2.46. The first-order chi connectivity index (χ1) is 13.7. The van der Waals surface area contributed by atoms with E-state index in [9.17, 15) is 0 Å². The molecule has 1 aromatic rings. The standard InChI is InChI=1S/C21H35N5O2.HI/c1-4-22-21(23-14-17(3)26-12-10-25(5-2)11-13-26)24-15-18-16-27-19-8-6-7-9-20(19)28-18;/h6-9,17-18H,4-5,10-16H2,1-3H3,(H2,22,23,24);1H. The van der Waals surface area contributed by atoms with Crippen LogP contribution in [-0.4, -0.2) is 86.9 Å². The maximum atomic E-state index is 6.02. The maximum Gasteiger partial charge on any atom is 0.191 e. The van der Waals surface area contributed by atoms with Crippen molar-refractivity contribution in [3.8, 4) is 11.5 Å². The number of halogens is 1. The third-order valence-electron chi connectivity index (χ3n) is 5.40. The first-order valence-electron chi connectivity index (χ1n) is 10.6. The van der Waals surface area contributed by atoms with Crippen LogP contribution in [0, 0.1) is 0 Å². The molecule has 1 saturated heterocycles. The van der Waals surface area contributed by atoms with Gasteiger partial charge in [0, 0.05) is 38.8 Å². The molecule has 0 spiro atoms. The van der Waals surface area contributed by atoms with Crippen LogP contribution in [0.15, 0.2) is 29.3 Å². The number of nitrogens with zero attached hydrogens (tertiary/aromatic N) is 3. The number of likely N-dealkylation sites (N-methyl/N-ethyl adjacent to an activating group) is 1. The molecule has 2 aliphatic rings. The molecule has 0 radical (unpaired) electrons. The Labute approximate surface area is 192 Å². The number of rotatable bonds is 7. The summed E-state index contributed by atoms with van der Waals surface area (Å²) in [4.78, 5) is 9.84. The topological polar surface area (TPSA) is 61.4 Å². The van der Waals surface area contributed by atoms with Gasteiger partial charge in [0.25, 0.3) is 0 Å². The van der Waals surface area contributed by atoms with Crippen molar-refractivity contribution in [1.29, 1.82) is 0 Å². The number of piperazine rings is 1. The maximum absolute atomic E-state index is 6.02. The van der Waals surface area contributed by atoms with Crippen molar-refractivity contribution in [2.24, 2.45) is 4.99 Å². The fraction of sp³-hybridized carbons (Fsp3) is 0.667. The molecule has 0 aliphatic carbocycles. The normalized spacial score (nSPS) is 21.2. The lowest BCUT2D eigenvalue weighted by atomic mass is 10.2. The van der Waals surface area contributed by atoms with E-state index in [0.717, 1.165) is 63.3 Å². The van der Waals surface area contributed by atoms with Crippen molar-refractivity contribution in [3.63, 3.8) is 0 Å². The van der Waals surface area contributed by atoms with Crippen LogP contribution in [0.4, 0.5) is 0 Å². The summed E-state index contributed by atoms with van der Waals surface area (Å²) in [6.07, 6.45) is -0.0294. The van der Waals surface area contributed by atoms with Gasteiger partial charge < -0.3 is 25.0 Å². The minimum Gasteiger partial charge on any atom is -0.486 e.